The number of alkyl halides is 7. The van der Waals surface area contributed by atoms with Crippen LogP contribution in [-0.2, 0) is 16.3 Å². The first kappa shape index (κ1) is 33.1. The summed E-state index contributed by atoms with van der Waals surface area (Å²) in [5, 5.41) is -0.0817. The van der Waals surface area contributed by atoms with Gasteiger partial charge >= 0.3 is 21.8 Å². The molecule has 46 heavy (non-hydrogen) atoms. The number of ether oxygens (including phenoxy) is 1. The van der Waals surface area contributed by atoms with E-state index in [0.29, 0.717) is 37.9 Å². The van der Waals surface area contributed by atoms with Crippen LogP contribution in [0.5, 0.6) is 11.5 Å². The molecule has 0 spiro atoms. The summed E-state index contributed by atoms with van der Waals surface area (Å²) in [7, 11) is -6.05. The molecule has 0 aliphatic carbocycles. The number of ketones is 1. The van der Waals surface area contributed by atoms with Crippen LogP contribution in [0.25, 0.3) is 22.0 Å². The minimum absolute atomic E-state index is 0.0339. The van der Waals surface area contributed by atoms with Crippen molar-refractivity contribution in [2.24, 2.45) is 0 Å². The Balaban J connectivity index is 1.52. The minimum atomic E-state index is -6.05. The Morgan fingerprint density at radius 3 is 2.20 bits per heavy atom. The molecule has 3 aromatic carbocycles. The van der Waals surface area contributed by atoms with Crippen molar-refractivity contribution in [2.45, 2.75) is 24.2 Å². The third kappa shape index (κ3) is 6.92. The normalized spacial score (nSPS) is 14.7. The monoisotopic (exact) mass is 674 g/mol. The predicted molar refractivity (Wildman–Crippen MR) is 149 cm³/mol. The summed E-state index contributed by atoms with van der Waals surface area (Å²) in [5.74, 6) is -2.46. The van der Waals surface area contributed by atoms with Crippen molar-refractivity contribution in [3.05, 3.63) is 89.4 Å². The highest BCUT2D eigenvalue weighted by atomic mass is 32.2. The van der Waals surface area contributed by atoms with Gasteiger partial charge in [0.2, 0.25) is 0 Å². The second-order valence-corrected chi connectivity index (χ2v) is 11.8. The molecule has 1 saturated heterocycles. The number of benzene rings is 3. The van der Waals surface area contributed by atoms with Crippen molar-refractivity contribution < 1.29 is 57.3 Å². The van der Waals surface area contributed by atoms with Gasteiger partial charge in [-0.3, -0.25) is 19.1 Å². The van der Waals surface area contributed by atoms with Gasteiger partial charge in [-0.15, -0.1) is 0 Å². The third-order valence-corrected chi connectivity index (χ3v) is 8.07. The standard InChI is InChI=1S/C30H22F8N2O5S/c31-10-1-11-40-15-21(16-40)44-19-5-2-17(3-6-19)28(41)27-23-9-7-20(45-46(42,43)30(36,37)38)13-26(23)39-14-24(27)22-8-4-18(12-25(22)32)29(33,34)35/h2-9,12-14,21H,1,10-11,15-16H2. The van der Waals surface area contributed by atoms with Crippen LogP contribution in [0.15, 0.2) is 66.9 Å². The van der Waals surface area contributed by atoms with Gasteiger partial charge in [-0.05, 0) is 55.0 Å². The maximum atomic E-state index is 15.1. The zero-order chi connectivity index (χ0) is 33.4. The number of hydrogen-bond donors (Lipinski definition) is 0. The molecule has 0 N–H and O–H groups in total. The van der Waals surface area contributed by atoms with Crippen LogP contribution in [0.4, 0.5) is 35.1 Å². The molecule has 1 fully saturated rings. The Morgan fingerprint density at radius 2 is 1.59 bits per heavy atom. The minimum Gasteiger partial charge on any atom is -0.488 e. The number of nitrogens with zero attached hydrogens (tertiary/aromatic N) is 2. The van der Waals surface area contributed by atoms with E-state index in [-0.39, 0.29) is 39.8 Å². The van der Waals surface area contributed by atoms with E-state index < -0.39 is 57.0 Å². The molecule has 0 radical (unpaired) electrons. The second-order valence-electron chi connectivity index (χ2n) is 10.3. The van der Waals surface area contributed by atoms with Gasteiger partial charge in [0.25, 0.3) is 0 Å². The number of likely N-dealkylation sites (tertiary alicyclic amines) is 1. The van der Waals surface area contributed by atoms with Crippen molar-refractivity contribution in [1.82, 2.24) is 9.88 Å². The van der Waals surface area contributed by atoms with E-state index in [1.54, 1.807) is 0 Å². The first-order chi connectivity index (χ1) is 21.6. The zero-order valence-electron chi connectivity index (χ0n) is 23.3. The highest BCUT2D eigenvalue weighted by Crippen LogP contribution is 2.37. The van der Waals surface area contributed by atoms with E-state index in [0.717, 1.165) is 30.5 Å². The number of aromatic nitrogens is 1. The lowest BCUT2D eigenvalue weighted by Crippen LogP contribution is -2.53. The van der Waals surface area contributed by atoms with Crippen molar-refractivity contribution in [2.75, 3.05) is 26.3 Å². The van der Waals surface area contributed by atoms with Gasteiger partial charge < -0.3 is 8.92 Å². The van der Waals surface area contributed by atoms with Crippen LogP contribution >= 0.6 is 0 Å². The Hall–Kier alpha value is -4.31. The summed E-state index contributed by atoms with van der Waals surface area (Å²) in [5.41, 5.74) is -8.13. The maximum absolute atomic E-state index is 15.1. The fourth-order valence-electron chi connectivity index (χ4n) is 4.84. The number of carbonyl (C=O) groups excluding carboxylic acids is 1. The molecule has 1 aromatic heterocycles. The van der Waals surface area contributed by atoms with Gasteiger partial charge in [0.1, 0.15) is 23.4 Å². The lowest BCUT2D eigenvalue weighted by atomic mass is 9.91. The van der Waals surface area contributed by atoms with Crippen LogP contribution in [-0.4, -0.2) is 62.0 Å². The van der Waals surface area contributed by atoms with Crippen molar-refractivity contribution in [1.29, 1.82) is 0 Å². The first-order valence-electron chi connectivity index (χ1n) is 13.5. The van der Waals surface area contributed by atoms with E-state index >= 15 is 4.39 Å². The van der Waals surface area contributed by atoms with E-state index in [2.05, 4.69) is 9.17 Å². The molecule has 1 aliphatic rings. The highest BCUT2D eigenvalue weighted by Gasteiger charge is 2.48. The molecule has 0 atom stereocenters. The third-order valence-electron chi connectivity index (χ3n) is 7.09. The summed E-state index contributed by atoms with van der Waals surface area (Å²) >= 11 is 0. The molecule has 0 amide bonds. The second kappa shape index (κ2) is 12.5. The van der Waals surface area contributed by atoms with Gasteiger partial charge in [0.05, 0.1) is 17.8 Å². The van der Waals surface area contributed by atoms with Crippen molar-refractivity contribution >= 4 is 26.8 Å². The Labute approximate surface area is 256 Å². The van der Waals surface area contributed by atoms with Crippen LogP contribution in [0.2, 0.25) is 0 Å². The summed E-state index contributed by atoms with van der Waals surface area (Å²) in [6, 6.07) is 10.1. The number of fused-ring (bicyclic) bond motifs is 1. The summed E-state index contributed by atoms with van der Waals surface area (Å²) < 4.78 is 139. The molecule has 0 saturated carbocycles. The van der Waals surface area contributed by atoms with Crippen molar-refractivity contribution in [3.8, 4) is 22.6 Å². The predicted octanol–water partition coefficient (Wildman–Crippen LogP) is 6.94. The van der Waals surface area contributed by atoms with Gasteiger partial charge in [-0.2, -0.15) is 34.8 Å². The fraction of sp³-hybridized carbons (Fsp3) is 0.267. The quantitative estimate of drug-likeness (QED) is 0.0780. The summed E-state index contributed by atoms with van der Waals surface area (Å²) in [6.07, 6.45) is -3.67. The average Bonchev–Trinajstić information content (AvgIpc) is 2.96. The number of rotatable bonds is 10. The topological polar surface area (TPSA) is 85.8 Å². The molecule has 5 rings (SSSR count). The number of halogens is 8. The van der Waals surface area contributed by atoms with Crippen LogP contribution in [0.1, 0.15) is 27.9 Å². The smallest absolute Gasteiger partial charge is 0.488 e. The summed E-state index contributed by atoms with van der Waals surface area (Å²) in [6.45, 7) is 1.34. The van der Waals surface area contributed by atoms with Gasteiger partial charge in [-0.1, -0.05) is 6.07 Å². The molecule has 244 valence electrons. The van der Waals surface area contributed by atoms with Crippen LogP contribution < -0.4 is 8.92 Å². The molecule has 1 aliphatic heterocycles. The Morgan fingerprint density at radius 1 is 0.913 bits per heavy atom. The van der Waals surface area contributed by atoms with Gasteiger partial charge in [0, 0.05) is 59.5 Å². The van der Waals surface area contributed by atoms with E-state index in [1.165, 1.54) is 24.3 Å². The van der Waals surface area contributed by atoms with E-state index in [4.69, 9.17) is 4.74 Å². The molecule has 7 nitrogen and oxygen atoms in total. The molecule has 0 unspecified atom stereocenters. The van der Waals surface area contributed by atoms with Crippen molar-refractivity contribution in [3.63, 3.8) is 0 Å². The molecular weight excluding hydrogens is 652 g/mol. The number of hydrogen-bond acceptors (Lipinski definition) is 7. The Bertz CT molecular complexity index is 1870. The average molecular weight is 675 g/mol. The lowest BCUT2D eigenvalue weighted by Gasteiger charge is -2.38. The molecule has 4 aromatic rings. The van der Waals surface area contributed by atoms with Gasteiger partial charge in [0.15, 0.2) is 5.78 Å². The molecule has 0 bridgehead atoms. The van der Waals surface area contributed by atoms with E-state index in [9.17, 15) is 43.9 Å². The Kier molecular flexibility index (Phi) is 8.96. The van der Waals surface area contributed by atoms with E-state index in [1.807, 2.05) is 4.90 Å². The highest BCUT2D eigenvalue weighted by molar-refractivity contribution is 7.88. The summed E-state index contributed by atoms with van der Waals surface area (Å²) in [4.78, 5) is 19.9. The number of carbonyl (C=O) groups is 1. The largest absolute Gasteiger partial charge is 0.534 e. The van der Waals surface area contributed by atoms with Crippen LogP contribution in [0.3, 0.4) is 0 Å². The maximum Gasteiger partial charge on any atom is 0.534 e. The molecule has 16 heteroatoms. The SMILES string of the molecule is O=C(c1ccc(OC2CN(CCCF)C2)cc1)c1c(-c2ccc(C(F)(F)F)cc2F)cnc2cc(OS(=O)(=O)C(F)(F)F)ccc12. The van der Waals surface area contributed by atoms with Crippen LogP contribution in [0, 0.1) is 5.82 Å². The molecule has 2 heterocycles. The first-order valence-corrected chi connectivity index (χ1v) is 14.9. The molecular formula is C30H22F8N2O5S. The fourth-order valence-corrected chi connectivity index (χ4v) is 5.29. The lowest BCUT2D eigenvalue weighted by molar-refractivity contribution is -0.137. The van der Waals surface area contributed by atoms with Gasteiger partial charge in [-0.25, -0.2) is 4.39 Å². The zero-order valence-corrected chi connectivity index (χ0v) is 24.1. The number of pyridine rings is 1.